The number of thioether (sulfide) groups is 1. The number of hydrogen-bond donors (Lipinski definition) is 0. The van der Waals surface area contributed by atoms with E-state index in [4.69, 9.17) is 11.6 Å². The first-order valence-corrected chi connectivity index (χ1v) is 12.0. The predicted octanol–water partition coefficient (Wildman–Crippen LogP) is 7.56. The van der Waals surface area contributed by atoms with Crippen molar-refractivity contribution in [3.8, 4) is 11.2 Å². The second kappa shape index (κ2) is 11.5. The first-order valence-electron chi connectivity index (χ1n) is 10.8. The van der Waals surface area contributed by atoms with Crippen molar-refractivity contribution in [3.63, 3.8) is 0 Å². The van der Waals surface area contributed by atoms with Gasteiger partial charge in [0, 0.05) is 21.0 Å². The molecule has 0 amide bonds. The topological polar surface area (TPSA) is 34.1 Å². The third-order valence-corrected chi connectivity index (χ3v) is 6.35. The van der Waals surface area contributed by atoms with E-state index >= 15 is 0 Å². The van der Waals surface area contributed by atoms with Gasteiger partial charge in [0.1, 0.15) is 5.92 Å². The molecule has 0 N–H and O–H groups in total. The van der Waals surface area contributed by atoms with Gasteiger partial charge in [-0.25, -0.2) is 0 Å². The van der Waals surface area contributed by atoms with Gasteiger partial charge in [-0.15, -0.1) is 0 Å². The Kier molecular flexibility index (Phi) is 7.99. The molecule has 34 heavy (non-hydrogen) atoms. The minimum absolute atomic E-state index is 0.256. The molecule has 0 aliphatic heterocycles. The van der Waals surface area contributed by atoms with Crippen LogP contribution in [0, 0.1) is 17.1 Å². The van der Waals surface area contributed by atoms with E-state index in [1.807, 2.05) is 54.6 Å². The van der Waals surface area contributed by atoms with Crippen molar-refractivity contribution in [1.82, 2.24) is 0 Å². The quantitative estimate of drug-likeness (QED) is 0.118. The number of rotatable bonds is 7. The highest BCUT2D eigenvalue weighted by molar-refractivity contribution is 8.03. The van der Waals surface area contributed by atoms with Gasteiger partial charge in [-0.05, 0) is 46.8 Å². The van der Waals surface area contributed by atoms with E-state index in [0.29, 0.717) is 16.1 Å². The molecule has 4 aromatic rings. The van der Waals surface area contributed by atoms with Crippen molar-refractivity contribution in [1.29, 1.82) is 0 Å². The van der Waals surface area contributed by atoms with Crippen LogP contribution in [0.25, 0.3) is 0 Å². The molecule has 0 heterocycles. The number of hydrogen-bond acceptors (Lipinski definition) is 3. The fourth-order valence-corrected chi connectivity index (χ4v) is 4.38. The van der Waals surface area contributed by atoms with E-state index in [2.05, 4.69) is 11.2 Å². The zero-order chi connectivity index (χ0) is 23.8. The number of carbonyl (C=O) groups is 2. The Labute approximate surface area is 209 Å². The molecular formula is C30H21ClO2S. The van der Waals surface area contributed by atoms with Crippen molar-refractivity contribution >= 4 is 34.9 Å². The van der Waals surface area contributed by atoms with Crippen LogP contribution in [-0.4, -0.2) is 11.6 Å². The summed E-state index contributed by atoms with van der Waals surface area (Å²) in [6.45, 7) is 0. The molecule has 0 radical (unpaired) electrons. The van der Waals surface area contributed by atoms with Gasteiger partial charge in [0.25, 0.3) is 0 Å². The molecule has 0 saturated heterocycles. The maximum atomic E-state index is 13.8. The zero-order valence-corrected chi connectivity index (χ0v) is 19.8. The molecule has 166 valence electrons. The molecule has 0 aliphatic rings. The summed E-state index contributed by atoms with van der Waals surface area (Å²) in [5, 5.41) is 3.72. The van der Waals surface area contributed by atoms with Crippen LogP contribution in [0.4, 0.5) is 0 Å². The normalized spacial score (nSPS) is 11.4. The maximum absolute atomic E-state index is 13.8. The minimum atomic E-state index is -1.00. The summed E-state index contributed by atoms with van der Waals surface area (Å²) in [5.41, 5.74) is 1.73. The molecule has 2 nitrogen and oxygen atoms in total. The monoisotopic (exact) mass is 480 g/mol. The molecule has 0 fully saturated rings. The lowest BCUT2D eigenvalue weighted by Crippen LogP contribution is -2.30. The fourth-order valence-electron chi connectivity index (χ4n) is 3.66. The summed E-state index contributed by atoms with van der Waals surface area (Å²) < 4.78 is 0. The van der Waals surface area contributed by atoms with Crippen molar-refractivity contribution in [3.05, 3.63) is 137 Å². The van der Waals surface area contributed by atoms with Crippen LogP contribution in [0.1, 0.15) is 32.2 Å². The van der Waals surface area contributed by atoms with Crippen LogP contribution in [0.5, 0.6) is 0 Å². The van der Waals surface area contributed by atoms with E-state index in [1.165, 1.54) is 11.8 Å². The van der Waals surface area contributed by atoms with Gasteiger partial charge in [-0.1, -0.05) is 109 Å². The first-order chi connectivity index (χ1) is 16.6. The number of halogens is 1. The Morgan fingerprint density at radius 3 is 1.62 bits per heavy atom. The lowest BCUT2D eigenvalue weighted by Gasteiger charge is -2.22. The average Bonchev–Trinajstić information content (AvgIpc) is 2.90. The van der Waals surface area contributed by atoms with Gasteiger partial charge in [-0.2, -0.15) is 0 Å². The highest BCUT2D eigenvalue weighted by atomic mass is 35.5. The van der Waals surface area contributed by atoms with Gasteiger partial charge in [0.15, 0.2) is 11.6 Å². The number of carbonyl (C=O) groups excluding carboxylic acids is 2. The predicted molar refractivity (Wildman–Crippen MR) is 139 cm³/mol. The molecule has 4 rings (SSSR count). The summed E-state index contributed by atoms with van der Waals surface area (Å²) in [7, 11) is 0. The summed E-state index contributed by atoms with van der Waals surface area (Å²) >= 11 is 7.49. The summed E-state index contributed by atoms with van der Waals surface area (Å²) in [6, 6.07) is 34.8. The largest absolute Gasteiger partial charge is 0.293 e. The minimum Gasteiger partial charge on any atom is -0.293 e. The molecule has 0 aliphatic carbocycles. The van der Waals surface area contributed by atoms with E-state index in [9.17, 15) is 9.59 Å². The van der Waals surface area contributed by atoms with Crippen LogP contribution in [-0.2, 0) is 0 Å². The van der Waals surface area contributed by atoms with Crippen LogP contribution in [0.15, 0.2) is 120 Å². The van der Waals surface area contributed by atoms with Gasteiger partial charge < -0.3 is 0 Å². The van der Waals surface area contributed by atoms with Crippen LogP contribution < -0.4 is 0 Å². The molecule has 0 spiro atoms. The lowest BCUT2D eigenvalue weighted by molar-refractivity contribution is 0.0797. The Morgan fingerprint density at radius 1 is 0.647 bits per heavy atom. The SMILES string of the molecule is O=C(c1ccccc1)C(C(=O)c1ccccc1)C(C#CSc1ccccc1)c1ccc(Cl)cc1. The Hall–Kier alpha value is -3.58. The third-order valence-electron chi connectivity index (χ3n) is 5.37. The van der Waals surface area contributed by atoms with Gasteiger partial charge in [0.05, 0.1) is 5.92 Å². The van der Waals surface area contributed by atoms with E-state index in [1.54, 1.807) is 60.7 Å². The second-order valence-electron chi connectivity index (χ2n) is 7.63. The van der Waals surface area contributed by atoms with Gasteiger partial charge in [0.2, 0.25) is 0 Å². The Balaban J connectivity index is 1.80. The van der Waals surface area contributed by atoms with Crippen molar-refractivity contribution in [2.24, 2.45) is 5.92 Å². The van der Waals surface area contributed by atoms with E-state index in [-0.39, 0.29) is 11.6 Å². The second-order valence-corrected chi connectivity index (χ2v) is 8.95. The number of Topliss-reactive ketones (excluding diaryl/α,β-unsaturated/α-hetero) is 2. The van der Waals surface area contributed by atoms with Gasteiger partial charge in [-0.3, -0.25) is 9.59 Å². The third kappa shape index (κ3) is 5.85. The molecule has 4 aromatic carbocycles. The molecule has 1 atom stereocenters. The van der Waals surface area contributed by atoms with Crippen molar-refractivity contribution in [2.45, 2.75) is 10.8 Å². The van der Waals surface area contributed by atoms with Gasteiger partial charge >= 0.3 is 0 Å². The Morgan fingerprint density at radius 2 is 1.12 bits per heavy atom. The molecule has 0 bridgehead atoms. The Bertz CT molecular complexity index is 1260. The van der Waals surface area contributed by atoms with E-state index in [0.717, 1.165) is 10.5 Å². The average molecular weight is 481 g/mol. The van der Waals surface area contributed by atoms with Crippen LogP contribution in [0.2, 0.25) is 5.02 Å². The molecule has 1 unspecified atom stereocenters. The highest BCUT2D eigenvalue weighted by Crippen LogP contribution is 2.32. The fraction of sp³-hybridized carbons (Fsp3) is 0.0667. The molecule has 0 aromatic heterocycles. The standard InChI is InChI=1S/C30H21ClO2S/c31-25-18-16-22(17-19-25)27(20-21-34-26-14-8-3-9-15-26)28(29(32)23-10-4-1-5-11-23)30(33)24-12-6-2-7-13-24/h1-19,27-28H. The smallest absolute Gasteiger partial charge is 0.175 e. The van der Waals surface area contributed by atoms with Crippen molar-refractivity contribution in [2.75, 3.05) is 0 Å². The maximum Gasteiger partial charge on any atom is 0.175 e. The number of ketones is 2. The summed E-state index contributed by atoms with van der Waals surface area (Å²) in [5.74, 6) is 1.07. The summed E-state index contributed by atoms with van der Waals surface area (Å²) in [6.07, 6.45) is 0. The van der Waals surface area contributed by atoms with Crippen molar-refractivity contribution < 1.29 is 9.59 Å². The lowest BCUT2D eigenvalue weighted by atomic mass is 9.77. The first kappa shape index (κ1) is 23.6. The van der Waals surface area contributed by atoms with E-state index < -0.39 is 11.8 Å². The van der Waals surface area contributed by atoms with Crippen LogP contribution >= 0.6 is 23.4 Å². The molecule has 0 saturated carbocycles. The molecular weight excluding hydrogens is 460 g/mol. The zero-order valence-electron chi connectivity index (χ0n) is 18.2. The summed E-state index contributed by atoms with van der Waals surface area (Å²) in [4.78, 5) is 28.5. The number of benzene rings is 4. The highest BCUT2D eigenvalue weighted by Gasteiger charge is 2.36. The van der Waals surface area contributed by atoms with Crippen LogP contribution in [0.3, 0.4) is 0 Å². The molecule has 4 heteroatoms.